The first kappa shape index (κ1) is 15.4. The molecule has 1 amide bonds. The predicted molar refractivity (Wildman–Crippen MR) is 68.6 cm³/mol. The molecule has 0 bridgehead atoms. The van der Waals surface area contributed by atoms with E-state index in [1.165, 1.54) is 6.07 Å². The standard InChI is InChI=1S/C14H15F2NO4/c15-10-2-1-9(11(16)8-10)7-12(18)17-14(13(19)20)3-5-21-6-4-14/h1-2,8H,3-7H2,(H,17,18)(H,19,20). The summed E-state index contributed by atoms with van der Waals surface area (Å²) >= 11 is 0. The molecule has 1 aliphatic heterocycles. The number of rotatable bonds is 4. The lowest BCUT2D eigenvalue weighted by Gasteiger charge is -2.33. The van der Waals surface area contributed by atoms with Gasteiger partial charge >= 0.3 is 5.97 Å². The van der Waals surface area contributed by atoms with Crippen LogP contribution in [0, 0.1) is 11.6 Å². The second kappa shape index (κ2) is 6.17. The fourth-order valence-electron chi connectivity index (χ4n) is 2.26. The van der Waals surface area contributed by atoms with Gasteiger partial charge in [0.15, 0.2) is 0 Å². The van der Waals surface area contributed by atoms with E-state index in [1.807, 2.05) is 0 Å². The number of halogens is 2. The molecule has 21 heavy (non-hydrogen) atoms. The van der Waals surface area contributed by atoms with Crippen molar-refractivity contribution in [1.29, 1.82) is 0 Å². The van der Waals surface area contributed by atoms with E-state index in [-0.39, 0.29) is 38.0 Å². The average molecular weight is 299 g/mol. The number of carboxylic acid groups (broad SMARTS) is 1. The van der Waals surface area contributed by atoms with Gasteiger partial charge in [-0.3, -0.25) is 4.79 Å². The lowest BCUT2D eigenvalue weighted by molar-refractivity contribution is -0.152. The number of carboxylic acids is 1. The van der Waals surface area contributed by atoms with Gasteiger partial charge in [0.25, 0.3) is 0 Å². The number of carbonyl (C=O) groups excluding carboxylic acids is 1. The zero-order valence-corrected chi connectivity index (χ0v) is 11.2. The van der Waals surface area contributed by atoms with E-state index >= 15 is 0 Å². The predicted octanol–water partition coefficient (Wildman–Crippen LogP) is 1.26. The van der Waals surface area contributed by atoms with E-state index in [4.69, 9.17) is 4.74 Å². The maximum absolute atomic E-state index is 13.5. The van der Waals surface area contributed by atoms with E-state index < -0.39 is 29.0 Å². The summed E-state index contributed by atoms with van der Waals surface area (Å²) in [6, 6.07) is 2.90. The SMILES string of the molecule is O=C(Cc1ccc(F)cc1F)NC1(C(=O)O)CCOCC1. The average Bonchev–Trinajstić information content (AvgIpc) is 2.43. The van der Waals surface area contributed by atoms with E-state index in [1.54, 1.807) is 0 Å². The molecule has 2 rings (SSSR count). The smallest absolute Gasteiger partial charge is 0.329 e. The van der Waals surface area contributed by atoms with E-state index in [0.29, 0.717) is 6.07 Å². The molecule has 0 saturated carbocycles. The van der Waals surface area contributed by atoms with Gasteiger partial charge in [-0.25, -0.2) is 13.6 Å². The number of aliphatic carboxylic acids is 1. The monoisotopic (exact) mass is 299 g/mol. The Bertz CT molecular complexity index is 556. The fraction of sp³-hybridized carbons (Fsp3) is 0.429. The second-order valence-electron chi connectivity index (χ2n) is 4.96. The highest BCUT2D eigenvalue weighted by Gasteiger charge is 2.41. The molecule has 1 heterocycles. The molecule has 0 aromatic heterocycles. The lowest BCUT2D eigenvalue weighted by Crippen LogP contribution is -2.57. The van der Waals surface area contributed by atoms with Crippen LogP contribution >= 0.6 is 0 Å². The van der Waals surface area contributed by atoms with Crippen molar-refractivity contribution >= 4 is 11.9 Å². The van der Waals surface area contributed by atoms with Gasteiger partial charge in [0, 0.05) is 32.1 Å². The molecule has 7 heteroatoms. The van der Waals surface area contributed by atoms with Crippen molar-refractivity contribution in [3.8, 4) is 0 Å². The molecule has 0 unspecified atom stereocenters. The zero-order chi connectivity index (χ0) is 15.5. The fourth-order valence-corrected chi connectivity index (χ4v) is 2.26. The van der Waals surface area contributed by atoms with Crippen LogP contribution in [0.1, 0.15) is 18.4 Å². The van der Waals surface area contributed by atoms with Gasteiger partial charge in [0.05, 0.1) is 6.42 Å². The van der Waals surface area contributed by atoms with Crippen molar-refractivity contribution in [1.82, 2.24) is 5.32 Å². The van der Waals surface area contributed by atoms with E-state index in [2.05, 4.69) is 5.32 Å². The Labute approximate surface area is 119 Å². The molecule has 1 aliphatic rings. The second-order valence-corrected chi connectivity index (χ2v) is 4.96. The van der Waals surface area contributed by atoms with Crippen molar-refractivity contribution < 1.29 is 28.2 Å². The maximum Gasteiger partial charge on any atom is 0.329 e. The van der Waals surface area contributed by atoms with Gasteiger partial charge in [-0.2, -0.15) is 0 Å². The molecule has 1 saturated heterocycles. The molecule has 5 nitrogen and oxygen atoms in total. The van der Waals surface area contributed by atoms with Crippen LogP contribution in [-0.2, 0) is 20.7 Å². The van der Waals surface area contributed by atoms with Gasteiger partial charge in [-0.15, -0.1) is 0 Å². The number of benzene rings is 1. The summed E-state index contributed by atoms with van der Waals surface area (Å²) < 4.78 is 31.4. The van der Waals surface area contributed by atoms with Crippen LogP contribution in [-0.4, -0.2) is 35.7 Å². The number of carbonyl (C=O) groups is 2. The molecule has 0 radical (unpaired) electrons. The van der Waals surface area contributed by atoms with Crippen molar-refractivity contribution in [2.24, 2.45) is 0 Å². The highest BCUT2D eigenvalue weighted by Crippen LogP contribution is 2.21. The van der Waals surface area contributed by atoms with Crippen LogP contribution < -0.4 is 5.32 Å². The number of amides is 1. The molecule has 0 aliphatic carbocycles. The summed E-state index contributed by atoms with van der Waals surface area (Å²) in [7, 11) is 0. The first-order valence-electron chi connectivity index (χ1n) is 6.49. The molecule has 0 spiro atoms. The van der Waals surface area contributed by atoms with Gasteiger partial charge in [0.1, 0.15) is 17.2 Å². The number of hydrogen-bond acceptors (Lipinski definition) is 3. The van der Waals surface area contributed by atoms with Crippen molar-refractivity contribution in [3.63, 3.8) is 0 Å². The maximum atomic E-state index is 13.5. The van der Waals surface area contributed by atoms with Crippen LogP contribution in [0.15, 0.2) is 18.2 Å². The first-order valence-corrected chi connectivity index (χ1v) is 6.49. The summed E-state index contributed by atoms with van der Waals surface area (Å²) in [6.07, 6.45) is -0.0397. The molecule has 114 valence electrons. The van der Waals surface area contributed by atoms with E-state index in [0.717, 1.165) is 6.07 Å². The third kappa shape index (κ3) is 3.55. The summed E-state index contributed by atoms with van der Waals surface area (Å²) in [5.74, 6) is -3.33. The molecular weight excluding hydrogens is 284 g/mol. The Morgan fingerprint density at radius 2 is 1.95 bits per heavy atom. The van der Waals surface area contributed by atoms with Gasteiger partial charge in [-0.1, -0.05) is 6.07 Å². The highest BCUT2D eigenvalue weighted by molar-refractivity contribution is 5.88. The molecular formula is C14H15F2NO4. The quantitative estimate of drug-likeness (QED) is 0.877. The molecule has 2 N–H and O–H groups in total. The minimum absolute atomic E-state index is 0.0153. The minimum Gasteiger partial charge on any atom is -0.480 e. The van der Waals surface area contributed by atoms with Gasteiger partial charge in [-0.05, 0) is 11.6 Å². The van der Waals surface area contributed by atoms with Crippen LogP contribution in [0.4, 0.5) is 8.78 Å². The van der Waals surface area contributed by atoms with Crippen molar-refractivity contribution in [3.05, 3.63) is 35.4 Å². The number of hydrogen-bond donors (Lipinski definition) is 2. The summed E-state index contributed by atoms with van der Waals surface area (Å²) in [5, 5.41) is 11.7. The third-order valence-corrected chi connectivity index (χ3v) is 3.50. The van der Waals surface area contributed by atoms with Gasteiger partial charge in [0.2, 0.25) is 5.91 Å². The largest absolute Gasteiger partial charge is 0.480 e. The minimum atomic E-state index is -1.38. The zero-order valence-electron chi connectivity index (χ0n) is 11.2. The number of ether oxygens (including phenoxy) is 1. The Hall–Kier alpha value is -2.02. The van der Waals surface area contributed by atoms with Crippen LogP contribution in [0.5, 0.6) is 0 Å². The van der Waals surface area contributed by atoms with Crippen molar-refractivity contribution in [2.45, 2.75) is 24.8 Å². The summed E-state index contributed by atoms with van der Waals surface area (Å²) in [5.41, 5.74) is -1.37. The first-order chi connectivity index (χ1) is 9.93. The van der Waals surface area contributed by atoms with E-state index in [9.17, 15) is 23.5 Å². The molecule has 1 aromatic carbocycles. The number of nitrogens with one attached hydrogen (secondary N) is 1. The van der Waals surface area contributed by atoms with Gasteiger partial charge < -0.3 is 15.2 Å². The van der Waals surface area contributed by atoms with Crippen LogP contribution in [0.25, 0.3) is 0 Å². The Balaban J connectivity index is 2.07. The third-order valence-electron chi connectivity index (χ3n) is 3.50. The summed E-state index contributed by atoms with van der Waals surface area (Å²) in [4.78, 5) is 23.3. The molecule has 1 fully saturated rings. The Morgan fingerprint density at radius 1 is 1.29 bits per heavy atom. The lowest BCUT2D eigenvalue weighted by atomic mass is 9.90. The van der Waals surface area contributed by atoms with Crippen molar-refractivity contribution in [2.75, 3.05) is 13.2 Å². The topological polar surface area (TPSA) is 75.6 Å². The Kier molecular flexibility index (Phi) is 4.52. The van der Waals surface area contributed by atoms with Crippen LogP contribution in [0.2, 0.25) is 0 Å². The normalized spacial score (nSPS) is 17.2. The van der Waals surface area contributed by atoms with Crippen LogP contribution in [0.3, 0.4) is 0 Å². The highest BCUT2D eigenvalue weighted by atomic mass is 19.1. The molecule has 1 aromatic rings. The Morgan fingerprint density at radius 3 is 2.52 bits per heavy atom. The summed E-state index contributed by atoms with van der Waals surface area (Å²) in [6.45, 7) is 0.467. The molecule has 0 atom stereocenters.